The van der Waals surface area contributed by atoms with Crippen LogP contribution in [0.25, 0.3) is 11.1 Å². The van der Waals surface area contributed by atoms with Crippen LogP contribution < -0.4 is 0 Å². The van der Waals surface area contributed by atoms with E-state index in [0.29, 0.717) is 29.7 Å². The molecule has 0 radical (unpaired) electrons. The summed E-state index contributed by atoms with van der Waals surface area (Å²) in [5.74, 6) is -0.924. The van der Waals surface area contributed by atoms with Gasteiger partial charge in [0.05, 0.1) is 13.2 Å². The summed E-state index contributed by atoms with van der Waals surface area (Å²) in [6.45, 7) is 0.0940. The predicted octanol–water partition coefficient (Wildman–Crippen LogP) is 1.77. The van der Waals surface area contributed by atoms with Gasteiger partial charge in [0, 0.05) is 23.7 Å². The van der Waals surface area contributed by atoms with Crippen LogP contribution in [0.5, 0.6) is 5.75 Å². The Morgan fingerprint density at radius 1 is 1.21 bits per heavy atom. The molecule has 1 atom stereocenters. The van der Waals surface area contributed by atoms with E-state index >= 15 is 0 Å². The van der Waals surface area contributed by atoms with Crippen molar-refractivity contribution in [3.05, 3.63) is 53.8 Å². The van der Waals surface area contributed by atoms with Crippen LogP contribution in [0.3, 0.4) is 0 Å². The standard InChI is InChI=1S/C18H18FNO4/c19-16-9-14(22)5-6-15(16)12-1-3-13(4-2-12)17(23)20-8-7-18(24,10-20)11-21/h1-6,9,21-22,24H,7-8,10-11H2/t18-/m0/s1. The third-order valence-corrected chi connectivity index (χ3v) is 4.31. The van der Waals surface area contributed by atoms with Crippen molar-refractivity contribution >= 4 is 5.91 Å². The van der Waals surface area contributed by atoms with E-state index in [-0.39, 0.29) is 24.8 Å². The van der Waals surface area contributed by atoms with Gasteiger partial charge < -0.3 is 20.2 Å². The van der Waals surface area contributed by atoms with Gasteiger partial charge >= 0.3 is 0 Å². The van der Waals surface area contributed by atoms with Gasteiger partial charge in [0.1, 0.15) is 17.2 Å². The number of aliphatic hydroxyl groups is 2. The van der Waals surface area contributed by atoms with Gasteiger partial charge in [-0.3, -0.25) is 4.79 Å². The van der Waals surface area contributed by atoms with Gasteiger partial charge in [-0.15, -0.1) is 0 Å². The Bertz CT molecular complexity index is 762. The summed E-state index contributed by atoms with van der Waals surface area (Å²) in [5.41, 5.74) is 0.130. The molecule has 3 N–H and O–H groups in total. The summed E-state index contributed by atoms with van der Waals surface area (Å²) in [5, 5.41) is 28.4. The molecule has 0 bridgehead atoms. The van der Waals surface area contributed by atoms with E-state index in [9.17, 15) is 19.4 Å². The van der Waals surface area contributed by atoms with E-state index in [1.165, 1.54) is 17.0 Å². The quantitative estimate of drug-likeness (QED) is 0.801. The van der Waals surface area contributed by atoms with Crippen molar-refractivity contribution < 1.29 is 24.5 Å². The SMILES string of the molecule is O=C(c1ccc(-c2ccc(O)cc2F)cc1)N1CC[C@@](O)(CO)C1. The third-order valence-electron chi connectivity index (χ3n) is 4.31. The molecular weight excluding hydrogens is 313 g/mol. The summed E-state index contributed by atoms with van der Waals surface area (Å²) in [6, 6.07) is 10.4. The Balaban J connectivity index is 1.78. The Morgan fingerprint density at radius 3 is 2.50 bits per heavy atom. The maximum Gasteiger partial charge on any atom is 0.253 e. The van der Waals surface area contributed by atoms with E-state index in [2.05, 4.69) is 0 Å². The number of rotatable bonds is 3. The van der Waals surface area contributed by atoms with Crippen molar-refractivity contribution in [3.63, 3.8) is 0 Å². The largest absolute Gasteiger partial charge is 0.508 e. The summed E-state index contributed by atoms with van der Waals surface area (Å²) >= 11 is 0. The van der Waals surface area contributed by atoms with Gasteiger partial charge in [0.25, 0.3) is 5.91 Å². The lowest BCUT2D eigenvalue weighted by Gasteiger charge is -2.21. The lowest BCUT2D eigenvalue weighted by atomic mass is 10.0. The fourth-order valence-corrected chi connectivity index (χ4v) is 2.87. The topological polar surface area (TPSA) is 81.0 Å². The minimum Gasteiger partial charge on any atom is -0.508 e. The number of carbonyl (C=O) groups excluding carboxylic acids is 1. The Hall–Kier alpha value is -2.44. The summed E-state index contributed by atoms with van der Waals surface area (Å²) in [4.78, 5) is 13.9. The van der Waals surface area contributed by atoms with Crippen molar-refractivity contribution in [3.8, 4) is 16.9 Å². The second-order valence-electron chi connectivity index (χ2n) is 6.10. The first-order valence-corrected chi connectivity index (χ1v) is 7.63. The molecular formula is C18H18FNO4. The molecule has 2 aromatic rings. The number of nitrogens with zero attached hydrogens (tertiary/aromatic N) is 1. The second kappa shape index (κ2) is 6.22. The highest BCUT2D eigenvalue weighted by Crippen LogP contribution is 2.27. The lowest BCUT2D eigenvalue weighted by molar-refractivity contribution is -0.00455. The number of carbonyl (C=O) groups is 1. The fraction of sp³-hybridized carbons (Fsp3) is 0.278. The summed E-state index contributed by atoms with van der Waals surface area (Å²) in [6.07, 6.45) is 0.339. The van der Waals surface area contributed by atoms with Gasteiger partial charge in [-0.25, -0.2) is 4.39 Å². The van der Waals surface area contributed by atoms with Gasteiger partial charge in [-0.1, -0.05) is 12.1 Å². The zero-order valence-electron chi connectivity index (χ0n) is 12.9. The lowest BCUT2D eigenvalue weighted by Crippen LogP contribution is -2.38. The van der Waals surface area contributed by atoms with Gasteiger partial charge in [0.2, 0.25) is 0 Å². The molecule has 0 aliphatic carbocycles. The molecule has 0 spiro atoms. The van der Waals surface area contributed by atoms with Crippen molar-refractivity contribution in [2.24, 2.45) is 0 Å². The third kappa shape index (κ3) is 3.11. The molecule has 1 aliphatic heterocycles. The molecule has 0 saturated carbocycles. The van der Waals surface area contributed by atoms with Gasteiger partial charge in [-0.05, 0) is 36.2 Å². The molecule has 3 rings (SSSR count). The molecule has 1 fully saturated rings. The highest BCUT2D eigenvalue weighted by Gasteiger charge is 2.37. The van der Waals surface area contributed by atoms with Crippen LogP contribution in [0.15, 0.2) is 42.5 Å². The number of hydrogen-bond donors (Lipinski definition) is 3. The number of phenols is 1. The first-order valence-electron chi connectivity index (χ1n) is 7.63. The number of benzene rings is 2. The fourth-order valence-electron chi connectivity index (χ4n) is 2.87. The normalized spacial score (nSPS) is 20.4. The van der Waals surface area contributed by atoms with E-state index in [1.807, 2.05) is 0 Å². The second-order valence-corrected chi connectivity index (χ2v) is 6.10. The summed E-state index contributed by atoms with van der Waals surface area (Å²) < 4.78 is 13.9. The van der Waals surface area contributed by atoms with E-state index in [4.69, 9.17) is 5.11 Å². The van der Waals surface area contributed by atoms with Crippen molar-refractivity contribution in [1.29, 1.82) is 0 Å². The average Bonchev–Trinajstić information content (AvgIpc) is 2.98. The van der Waals surface area contributed by atoms with Crippen molar-refractivity contribution in [2.45, 2.75) is 12.0 Å². The van der Waals surface area contributed by atoms with Gasteiger partial charge in [-0.2, -0.15) is 0 Å². The van der Waals surface area contributed by atoms with Crippen molar-refractivity contribution in [1.82, 2.24) is 4.90 Å². The molecule has 24 heavy (non-hydrogen) atoms. The first-order chi connectivity index (χ1) is 11.4. The maximum atomic E-state index is 13.9. The van der Waals surface area contributed by atoms with Gasteiger partial charge in [0.15, 0.2) is 0 Å². The minimum absolute atomic E-state index is 0.0939. The molecule has 1 amide bonds. The predicted molar refractivity (Wildman–Crippen MR) is 86.1 cm³/mol. The molecule has 1 aliphatic rings. The van der Waals surface area contributed by atoms with E-state index < -0.39 is 11.4 Å². The highest BCUT2D eigenvalue weighted by atomic mass is 19.1. The molecule has 1 saturated heterocycles. The molecule has 1 heterocycles. The molecule has 0 aromatic heterocycles. The van der Waals surface area contributed by atoms with Crippen LogP contribution in [0.4, 0.5) is 4.39 Å². The van der Waals surface area contributed by atoms with Crippen LogP contribution in [-0.2, 0) is 0 Å². The number of likely N-dealkylation sites (tertiary alicyclic amines) is 1. The maximum absolute atomic E-state index is 13.9. The van der Waals surface area contributed by atoms with Crippen LogP contribution in [0.1, 0.15) is 16.8 Å². The smallest absolute Gasteiger partial charge is 0.253 e. The van der Waals surface area contributed by atoms with Crippen LogP contribution in [0, 0.1) is 5.82 Å². The van der Waals surface area contributed by atoms with E-state index in [0.717, 1.165) is 6.07 Å². The van der Waals surface area contributed by atoms with Crippen LogP contribution >= 0.6 is 0 Å². The summed E-state index contributed by atoms with van der Waals surface area (Å²) in [7, 11) is 0. The number of halogens is 1. The number of phenolic OH excluding ortho intramolecular Hbond substituents is 1. The molecule has 126 valence electrons. The number of hydrogen-bond acceptors (Lipinski definition) is 4. The van der Waals surface area contributed by atoms with E-state index in [1.54, 1.807) is 24.3 Å². The Morgan fingerprint density at radius 2 is 1.92 bits per heavy atom. The monoisotopic (exact) mass is 331 g/mol. The zero-order valence-corrected chi connectivity index (χ0v) is 12.9. The molecule has 5 nitrogen and oxygen atoms in total. The Kier molecular flexibility index (Phi) is 4.26. The van der Waals surface area contributed by atoms with Crippen LogP contribution in [-0.4, -0.2) is 51.4 Å². The highest BCUT2D eigenvalue weighted by molar-refractivity contribution is 5.95. The van der Waals surface area contributed by atoms with Crippen molar-refractivity contribution in [2.75, 3.05) is 19.7 Å². The first kappa shape index (κ1) is 16.4. The molecule has 6 heteroatoms. The Labute approximate surface area is 138 Å². The average molecular weight is 331 g/mol. The number of aliphatic hydroxyl groups excluding tert-OH is 1. The number of amides is 1. The number of β-amino-alcohol motifs (C(OH)–C–C–N with tert-alkyl or cyclic N) is 1. The number of aromatic hydroxyl groups is 1. The van der Waals surface area contributed by atoms with Crippen LogP contribution in [0.2, 0.25) is 0 Å². The minimum atomic E-state index is -1.23. The zero-order chi connectivity index (χ0) is 17.3. The molecule has 0 unspecified atom stereocenters. The molecule has 2 aromatic carbocycles.